The summed E-state index contributed by atoms with van der Waals surface area (Å²) in [6, 6.07) is 12.1. The molecule has 0 aliphatic carbocycles. The van der Waals surface area contributed by atoms with E-state index in [4.69, 9.17) is 4.74 Å². The molecule has 1 aliphatic rings. The van der Waals surface area contributed by atoms with Gasteiger partial charge in [0.25, 0.3) is 0 Å². The maximum Gasteiger partial charge on any atom is 0.139 e. The highest BCUT2D eigenvalue weighted by atomic mass is 16.5. The van der Waals surface area contributed by atoms with Gasteiger partial charge in [-0.15, -0.1) is 0 Å². The molecule has 1 aliphatic heterocycles. The maximum absolute atomic E-state index is 10.6. The van der Waals surface area contributed by atoms with Crippen molar-refractivity contribution in [2.45, 2.75) is 32.7 Å². The van der Waals surface area contributed by atoms with Crippen LogP contribution in [0.15, 0.2) is 42.6 Å². The van der Waals surface area contributed by atoms with E-state index in [-0.39, 0.29) is 0 Å². The molecule has 0 unspecified atom stereocenters. The average molecular weight is 367 g/mol. The molecule has 27 heavy (non-hydrogen) atoms. The van der Waals surface area contributed by atoms with E-state index in [2.05, 4.69) is 27.2 Å². The van der Waals surface area contributed by atoms with Gasteiger partial charge in [-0.25, -0.2) is 0 Å². The van der Waals surface area contributed by atoms with Crippen LogP contribution in [-0.4, -0.2) is 42.7 Å². The molecule has 2 aromatic heterocycles. The normalized spacial score (nSPS) is 15.5. The van der Waals surface area contributed by atoms with Crippen LogP contribution < -0.4 is 4.74 Å². The molecule has 1 aromatic carbocycles. The number of nitrogens with zero attached hydrogens (tertiary/aromatic N) is 5. The molecule has 3 heterocycles. The summed E-state index contributed by atoms with van der Waals surface area (Å²) >= 11 is 0. The number of ether oxygens (including phenoxy) is 1. The standard InChI is InChI=1S/C20H25N5O2/c1-3-27-17-6-4-15(5-7-17)13-24-10-11-25-16(14-24)12-18(22-25)20(26)19-8-9-21-23(19)2/h4-9,12,20,26H,3,10-11,13-14H2,1-2H3/t20-/m0/s1. The van der Waals surface area contributed by atoms with Crippen LogP contribution in [0, 0.1) is 0 Å². The summed E-state index contributed by atoms with van der Waals surface area (Å²) in [7, 11) is 1.83. The minimum absolute atomic E-state index is 0.677. The topological polar surface area (TPSA) is 68.3 Å². The molecular formula is C20H25N5O2. The minimum Gasteiger partial charge on any atom is -0.494 e. The molecule has 3 aromatic rings. The lowest BCUT2D eigenvalue weighted by Gasteiger charge is -2.27. The van der Waals surface area contributed by atoms with Crippen LogP contribution in [0.1, 0.15) is 35.7 Å². The fourth-order valence-corrected chi connectivity index (χ4v) is 3.53. The molecule has 0 spiro atoms. The van der Waals surface area contributed by atoms with Crippen LogP contribution >= 0.6 is 0 Å². The van der Waals surface area contributed by atoms with Gasteiger partial charge >= 0.3 is 0 Å². The summed E-state index contributed by atoms with van der Waals surface area (Å²) in [4.78, 5) is 2.40. The van der Waals surface area contributed by atoms with E-state index < -0.39 is 6.10 Å². The van der Waals surface area contributed by atoms with Gasteiger partial charge in [-0.3, -0.25) is 14.3 Å². The number of aromatic nitrogens is 4. The third-order valence-electron chi connectivity index (χ3n) is 4.96. The van der Waals surface area contributed by atoms with Crippen molar-refractivity contribution in [1.82, 2.24) is 24.5 Å². The largest absolute Gasteiger partial charge is 0.494 e. The monoisotopic (exact) mass is 367 g/mol. The van der Waals surface area contributed by atoms with E-state index >= 15 is 0 Å². The zero-order valence-electron chi connectivity index (χ0n) is 15.7. The van der Waals surface area contributed by atoms with Gasteiger partial charge in [0.15, 0.2) is 0 Å². The van der Waals surface area contributed by atoms with Gasteiger partial charge in [0.2, 0.25) is 0 Å². The van der Waals surface area contributed by atoms with Gasteiger partial charge in [0.1, 0.15) is 11.9 Å². The van der Waals surface area contributed by atoms with Gasteiger partial charge < -0.3 is 9.84 Å². The summed E-state index contributed by atoms with van der Waals surface area (Å²) in [6.45, 7) is 6.13. The molecule has 7 nitrogen and oxygen atoms in total. The zero-order valence-corrected chi connectivity index (χ0v) is 15.7. The predicted molar refractivity (Wildman–Crippen MR) is 101 cm³/mol. The second kappa shape index (κ2) is 7.54. The summed E-state index contributed by atoms with van der Waals surface area (Å²) in [5, 5.41) is 19.3. The van der Waals surface area contributed by atoms with Crippen LogP contribution in [-0.2, 0) is 26.7 Å². The molecule has 0 saturated heterocycles. The molecule has 0 bridgehead atoms. The van der Waals surface area contributed by atoms with Crippen molar-refractivity contribution in [3.8, 4) is 5.75 Å². The second-order valence-corrected chi connectivity index (χ2v) is 6.85. The molecule has 4 rings (SSSR count). The maximum atomic E-state index is 10.6. The van der Waals surface area contributed by atoms with Gasteiger partial charge in [-0.05, 0) is 36.8 Å². The number of benzene rings is 1. The van der Waals surface area contributed by atoms with Gasteiger partial charge in [0.05, 0.1) is 30.2 Å². The Balaban J connectivity index is 1.44. The lowest BCUT2D eigenvalue weighted by molar-refractivity contribution is 0.196. The van der Waals surface area contributed by atoms with Crippen LogP contribution in [0.4, 0.5) is 0 Å². The predicted octanol–water partition coefficient (Wildman–Crippen LogP) is 2.11. The third-order valence-corrected chi connectivity index (χ3v) is 4.96. The SMILES string of the molecule is CCOc1ccc(CN2CCn3nc([C@H](O)c4ccnn4C)cc3C2)cc1. The number of hydrogen-bond donors (Lipinski definition) is 1. The fourth-order valence-electron chi connectivity index (χ4n) is 3.53. The molecule has 142 valence electrons. The van der Waals surface area contributed by atoms with Crippen LogP contribution in [0.2, 0.25) is 0 Å². The van der Waals surface area contributed by atoms with Gasteiger partial charge in [0, 0.05) is 32.9 Å². The van der Waals surface area contributed by atoms with Crippen LogP contribution in [0.5, 0.6) is 5.75 Å². The Hall–Kier alpha value is -2.64. The average Bonchev–Trinajstić information content (AvgIpc) is 3.29. The number of aryl methyl sites for hydroxylation is 1. The Kier molecular flexibility index (Phi) is 4.96. The first-order chi connectivity index (χ1) is 13.1. The smallest absolute Gasteiger partial charge is 0.139 e. The Morgan fingerprint density at radius 2 is 2.00 bits per heavy atom. The molecule has 7 heteroatoms. The minimum atomic E-state index is -0.754. The first kappa shape index (κ1) is 17.8. The Morgan fingerprint density at radius 1 is 1.19 bits per heavy atom. The summed E-state index contributed by atoms with van der Waals surface area (Å²) < 4.78 is 9.19. The Bertz CT molecular complexity index is 899. The molecule has 0 saturated carbocycles. The fraction of sp³-hybridized carbons (Fsp3) is 0.400. The number of rotatable bonds is 6. The lowest BCUT2D eigenvalue weighted by atomic mass is 10.1. The molecule has 0 amide bonds. The number of aliphatic hydroxyl groups excluding tert-OH is 1. The molecule has 1 atom stereocenters. The van der Waals surface area contributed by atoms with Gasteiger partial charge in [-0.1, -0.05) is 12.1 Å². The van der Waals surface area contributed by atoms with E-state index in [0.29, 0.717) is 12.3 Å². The highest BCUT2D eigenvalue weighted by Crippen LogP contribution is 2.24. The second-order valence-electron chi connectivity index (χ2n) is 6.85. The van der Waals surface area contributed by atoms with Crippen molar-refractivity contribution in [3.63, 3.8) is 0 Å². The molecule has 0 fully saturated rings. The van der Waals surface area contributed by atoms with E-state index in [1.165, 1.54) is 5.56 Å². The van der Waals surface area contributed by atoms with Crippen molar-refractivity contribution in [2.75, 3.05) is 13.2 Å². The number of fused-ring (bicyclic) bond motifs is 1. The van der Waals surface area contributed by atoms with Crippen molar-refractivity contribution in [3.05, 3.63) is 65.2 Å². The quantitative estimate of drug-likeness (QED) is 0.723. The van der Waals surface area contributed by atoms with Gasteiger partial charge in [-0.2, -0.15) is 10.2 Å². The number of aliphatic hydroxyl groups is 1. The highest BCUT2D eigenvalue weighted by molar-refractivity contribution is 5.27. The highest BCUT2D eigenvalue weighted by Gasteiger charge is 2.23. The molecular weight excluding hydrogens is 342 g/mol. The first-order valence-corrected chi connectivity index (χ1v) is 9.30. The van der Waals surface area contributed by atoms with Crippen molar-refractivity contribution in [1.29, 1.82) is 0 Å². The van der Waals surface area contributed by atoms with E-state index in [0.717, 1.165) is 43.3 Å². The van der Waals surface area contributed by atoms with Crippen molar-refractivity contribution in [2.24, 2.45) is 7.05 Å². The summed E-state index contributed by atoms with van der Waals surface area (Å²) in [5.41, 5.74) is 3.82. The molecule has 0 radical (unpaired) electrons. The first-order valence-electron chi connectivity index (χ1n) is 9.30. The Labute approximate surface area is 158 Å². The van der Waals surface area contributed by atoms with E-state index in [1.807, 2.05) is 42.9 Å². The lowest BCUT2D eigenvalue weighted by Crippen LogP contribution is -2.33. The third kappa shape index (κ3) is 3.74. The summed E-state index contributed by atoms with van der Waals surface area (Å²) in [6.07, 6.45) is 0.933. The van der Waals surface area contributed by atoms with E-state index in [9.17, 15) is 5.11 Å². The van der Waals surface area contributed by atoms with Crippen LogP contribution in [0.25, 0.3) is 0 Å². The summed E-state index contributed by atoms with van der Waals surface area (Å²) in [5.74, 6) is 0.909. The van der Waals surface area contributed by atoms with Crippen molar-refractivity contribution < 1.29 is 9.84 Å². The van der Waals surface area contributed by atoms with E-state index in [1.54, 1.807) is 10.9 Å². The van der Waals surface area contributed by atoms with Crippen LogP contribution in [0.3, 0.4) is 0 Å². The number of hydrogen-bond acceptors (Lipinski definition) is 5. The zero-order chi connectivity index (χ0) is 18.8. The Morgan fingerprint density at radius 3 is 2.70 bits per heavy atom. The molecule has 1 N–H and O–H groups in total. The van der Waals surface area contributed by atoms with Crippen molar-refractivity contribution >= 4 is 0 Å².